The summed E-state index contributed by atoms with van der Waals surface area (Å²) < 4.78 is 0. The SMILES string of the molecule is Cc1cc(C(=O)N2CCN(C)CC2)nc(Nc2ccccc2C(C)(C)C)n1. The quantitative estimate of drug-likeness (QED) is 0.903. The maximum absolute atomic E-state index is 12.9. The van der Waals surface area contributed by atoms with E-state index in [1.54, 1.807) is 6.07 Å². The molecule has 0 radical (unpaired) electrons. The maximum Gasteiger partial charge on any atom is 0.272 e. The van der Waals surface area contributed by atoms with Gasteiger partial charge in [0.1, 0.15) is 5.69 Å². The summed E-state index contributed by atoms with van der Waals surface area (Å²) in [6.45, 7) is 11.7. The van der Waals surface area contributed by atoms with E-state index in [9.17, 15) is 4.79 Å². The Kier molecular flexibility index (Phi) is 5.46. The Morgan fingerprint density at radius 2 is 1.74 bits per heavy atom. The van der Waals surface area contributed by atoms with Gasteiger partial charge in [-0.05, 0) is 37.1 Å². The number of carbonyl (C=O) groups is 1. The van der Waals surface area contributed by atoms with Crippen LogP contribution < -0.4 is 5.32 Å². The highest BCUT2D eigenvalue weighted by atomic mass is 16.2. The number of hydrogen-bond acceptors (Lipinski definition) is 5. The van der Waals surface area contributed by atoms with Crippen molar-refractivity contribution in [2.45, 2.75) is 33.1 Å². The summed E-state index contributed by atoms with van der Waals surface area (Å²) in [5, 5.41) is 3.32. The monoisotopic (exact) mass is 367 g/mol. The molecule has 0 unspecified atom stereocenters. The second kappa shape index (κ2) is 7.64. The zero-order chi connectivity index (χ0) is 19.6. The van der Waals surface area contributed by atoms with E-state index >= 15 is 0 Å². The van der Waals surface area contributed by atoms with Crippen molar-refractivity contribution in [1.29, 1.82) is 0 Å². The number of amides is 1. The van der Waals surface area contributed by atoms with Crippen LogP contribution >= 0.6 is 0 Å². The van der Waals surface area contributed by atoms with Gasteiger partial charge in [0.15, 0.2) is 0 Å². The van der Waals surface area contributed by atoms with E-state index in [4.69, 9.17) is 0 Å². The molecule has 2 aromatic rings. The molecule has 1 aromatic carbocycles. The van der Waals surface area contributed by atoms with E-state index in [1.165, 1.54) is 5.56 Å². The zero-order valence-electron chi connectivity index (χ0n) is 16.9. The Balaban J connectivity index is 1.86. The molecule has 1 aromatic heterocycles. The lowest BCUT2D eigenvalue weighted by molar-refractivity contribution is 0.0658. The number of nitrogens with zero attached hydrogens (tertiary/aromatic N) is 4. The van der Waals surface area contributed by atoms with Crippen LogP contribution in [-0.2, 0) is 5.41 Å². The van der Waals surface area contributed by atoms with E-state index in [0.29, 0.717) is 11.6 Å². The van der Waals surface area contributed by atoms with Crippen molar-refractivity contribution in [3.63, 3.8) is 0 Å². The van der Waals surface area contributed by atoms with Crippen LogP contribution in [0.4, 0.5) is 11.6 Å². The van der Waals surface area contributed by atoms with Crippen LogP contribution in [0.5, 0.6) is 0 Å². The third-order valence-electron chi connectivity index (χ3n) is 4.85. The number of aromatic nitrogens is 2. The molecule has 0 aliphatic carbocycles. The smallest absolute Gasteiger partial charge is 0.272 e. The minimum absolute atomic E-state index is 0.00804. The van der Waals surface area contributed by atoms with Gasteiger partial charge in [0.2, 0.25) is 5.95 Å². The van der Waals surface area contributed by atoms with Crippen molar-refractivity contribution < 1.29 is 4.79 Å². The maximum atomic E-state index is 12.9. The largest absolute Gasteiger partial charge is 0.335 e. The van der Waals surface area contributed by atoms with Gasteiger partial charge in [-0.3, -0.25) is 4.79 Å². The molecule has 1 N–H and O–H groups in total. The first kappa shape index (κ1) is 19.3. The highest BCUT2D eigenvalue weighted by Crippen LogP contribution is 2.30. The van der Waals surface area contributed by atoms with Crippen LogP contribution in [0, 0.1) is 6.92 Å². The van der Waals surface area contributed by atoms with Gasteiger partial charge in [-0.25, -0.2) is 9.97 Å². The number of piperazine rings is 1. The van der Waals surface area contributed by atoms with E-state index in [0.717, 1.165) is 37.6 Å². The van der Waals surface area contributed by atoms with Crippen LogP contribution in [-0.4, -0.2) is 58.9 Å². The predicted molar refractivity (Wildman–Crippen MR) is 109 cm³/mol. The molecule has 1 saturated heterocycles. The van der Waals surface area contributed by atoms with E-state index in [1.807, 2.05) is 30.0 Å². The molecule has 0 bridgehead atoms. The molecular weight excluding hydrogens is 338 g/mol. The lowest BCUT2D eigenvalue weighted by Gasteiger charge is -2.32. The fraction of sp³-hybridized carbons (Fsp3) is 0.476. The first-order valence-corrected chi connectivity index (χ1v) is 9.44. The number of hydrogen-bond donors (Lipinski definition) is 1. The van der Waals surface area contributed by atoms with E-state index < -0.39 is 0 Å². The highest BCUT2D eigenvalue weighted by molar-refractivity contribution is 5.92. The molecule has 1 aliphatic heterocycles. The van der Waals surface area contributed by atoms with Crippen molar-refractivity contribution in [3.8, 4) is 0 Å². The van der Waals surface area contributed by atoms with Crippen molar-refractivity contribution in [1.82, 2.24) is 19.8 Å². The van der Waals surface area contributed by atoms with Gasteiger partial charge in [-0.2, -0.15) is 0 Å². The lowest BCUT2D eigenvalue weighted by Crippen LogP contribution is -2.47. The Morgan fingerprint density at radius 3 is 2.41 bits per heavy atom. The second-order valence-corrected chi connectivity index (χ2v) is 8.23. The van der Waals surface area contributed by atoms with Crippen LogP contribution in [0.2, 0.25) is 0 Å². The summed E-state index contributed by atoms with van der Waals surface area (Å²) in [5.74, 6) is 0.435. The van der Waals surface area contributed by atoms with Gasteiger partial charge >= 0.3 is 0 Å². The number of carbonyl (C=O) groups excluding carboxylic acids is 1. The molecule has 0 atom stereocenters. The molecule has 3 rings (SSSR count). The average molecular weight is 367 g/mol. The van der Waals surface area contributed by atoms with Gasteiger partial charge in [0, 0.05) is 37.6 Å². The molecule has 0 spiro atoms. The first-order valence-electron chi connectivity index (χ1n) is 9.44. The number of rotatable bonds is 3. The van der Waals surface area contributed by atoms with Gasteiger partial charge in [-0.1, -0.05) is 39.0 Å². The molecule has 2 heterocycles. The van der Waals surface area contributed by atoms with Crippen LogP contribution in [0.1, 0.15) is 42.5 Å². The van der Waals surface area contributed by atoms with Gasteiger partial charge < -0.3 is 15.1 Å². The number of anilines is 2. The fourth-order valence-electron chi connectivity index (χ4n) is 3.27. The summed E-state index contributed by atoms with van der Waals surface area (Å²) in [6, 6.07) is 9.92. The third kappa shape index (κ3) is 4.63. The van der Waals surface area contributed by atoms with Crippen molar-refractivity contribution in [3.05, 3.63) is 47.3 Å². The van der Waals surface area contributed by atoms with Gasteiger partial charge in [0.25, 0.3) is 5.91 Å². The molecule has 6 nitrogen and oxygen atoms in total. The molecule has 144 valence electrons. The molecular formula is C21H29N5O. The van der Waals surface area contributed by atoms with Crippen molar-refractivity contribution in [2.24, 2.45) is 0 Å². The molecule has 0 saturated carbocycles. The molecule has 1 amide bonds. The minimum Gasteiger partial charge on any atom is -0.335 e. The number of nitrogens with one attached hydrogen (secondary N) is 1. The molecule has 1 aliphatic rings. The standard InChI is InChI=1S/C21H29N5O/c1-15-14-18(19(27)26-12-10-25(5)11-13-26)24-20(22-15)23-17-9-7-6-8-16(17)21(2,3)4/h6-9,14H,10-13H2,1-5H3,(H,22,23,24). The minimum atomic E-state index is -0.0271. The number of aryl methyl sites for hydroxylation is 1. The van der Waals surface area contributed by atoms with E-state index in [-0.39, 0.29) is 11.3 Å². The van der Waals surface area contributed by atoms with Crippen molar-refractivity contribution in [2.75, 3.05) is 38.5 Å². The van der Waals surface area contributed by atoms with Gasteiger partial charge in [-0.15, -0.1) is 0 Å². The number of likely N-dealkylation sites (N-methyl/N-ethyl adjacent to an activating group) is 1. The van der Waals surface area contributed by atoms with Crippen LogP contribution in [0.25, 0.3) is 0 Å². The second-order valence-electron chi connectivity index (χ2n) is 8.23. The average Bonchev–Trinajstić information content (AvgIpc) is 2.61. The molecule has 27 heavy (non-hydrogen) atoms. The predicted octanol–water partition coefficient (Wildman–Crippen LogP) is 3.21. The Bertz CT molecular complexity index is 820. The molecule has 1 fully saturated rings. The van der Waals surface area contributed by atoms with Gasteiger partial charge in [0.05, 0.1) is 0 Å². The Hall–Kier alpha value is -2.47. The Morgan fingerprint density at radius 1 is 1.07 bits per heavy atom. The third-order valence-corrected chi connectivity index (χ3v) is 4.85. The van der Waals surface area contributed by atoms with E-state index in [2.05, 4.69) is 54.1 Å². The summed E-state index contributed by atoms with van der Waals surface area (Å²) in [5.41, 5.74) is 3.36. The summed E-state index contributed by atoms with van der Waals surface area (Å²) >= 11 is 0. The number of para-hydroxylation sites is 1. The van der Waals surface area contributed by atoms with Crippen LogP contribution in [0.15, 0.2) is 30.3 Å². The highest BCUT2D eigenvalue weighted by Gasteiger charge is 2.23. The summed E-state index contributed by atoms with van der Waals surface area (Å²) in [4.78, 5) is 26.0. The summed E-state index contributed by atoms with van der Waals surface area (Å²) in [7, 11) is 2.07. The Labute approximate surface area is 161 Å². The topological polar surface area (TPSA) is 61.4 Å². The van der Waals surface area contributed by atoms with Crippen molar-refractivity contribution >= 4 is 17.5 Å². The fourth-order valence-corrected chi connectivity index (χ4v) is 3.27. The summed E-state index contributed by atoms with van der Waals surface area (Å²) in [6.07, 6.45) is 0. The zero-order valence-corrected chi connectivity index (χ0v) is 16.9. The van der Waals surface area contributed by atoms with Crippen LogP contribution in [0.3, 0.4) is 0 Å². The number of benzene rings is 1. The first-order chi connectivity index (χ1) is 12.7. The molecule has 6 heteroatoms. The normalized spacial score (nSPS) is 15.7. The lowest BCUT2D eigenvalue weighted by atomic mass is 9.86.